The molecule has 0 spiro atoms. The molecule has 0 bridgehead atoms. The van der Waals surface area contributed by atoms with E-state index in [0.29, 0.717) is 22.1 Å². The minimum atomic E-state index is -0.662. The normalized spacial score (nSPS) is 11.6. The first kappa shape index (κ1) is 16.0. The van der Waals surface area contributed by atoms with E-state index >= 15 is 0 Å². The summed E-state index contributed by atoms with van der Waals surface area (Å²) in [4.78, 5) is 12.1. The molecule has 5 nitrogen and oxygen atoms in total. The SMILES string of the molecule is COc1ccc(OC(C)C(=O)Nc2ccc(Cl)c(N)c2)cc1. The van der Waals surface area contributed by atoms with Gasteiger partial charge < -0.3 is 20.5 Å². The Hall–Kier alpha value is -2.40. The van der Waals surface area contributed by atoms with E-state index < -0.39 is 6.10 Å². The summed E-state index contributed by atoms with van der Waals surface area (Å²) in [6, 6.07) is 11.9. The number of carbonyl (C=O) groups is 1. The van der Waals surface area contributed by atoms with E-state index in [1.165, 1.54) is 0 Å². The fraction of sp³-hybridized carbons (Fsp3) is 0.188. The van der Waals surface area contributed by atoms with E-state index in [1.54, 1.807) is 56.5 Å². The van der Waals surface area contributed by atoms with Gasteiger partial charge in [0.15, 0.2) is 6.10 Å². The molecule has 0 aliphatic heterocycles. The van der Waals surface area contributed by atoms with Crippen molar-refractivity contribution < 1.29 is 14.3 Å². The Morgan fingerprint density at radius 3 is 2.41 bits per heavy atom. The number of halogens is 1. The minimum absolute atomic E-state index is 0.280. The summed E-state index contributed by atoms with van der Waals surface area (Å²) < 4.78 is 10.6. The van der Waals surface area contributed by atoms with Gasteiger partial charge in [-0.05, 0) is 49.4 Å². The van der Waals surface area contributed by atoms with Gasteiger partial charge in [0.1, 0.15) is 11.5 Å². The number of hydrogen-bond donors (Lipinski definition) is 2. The first-order chi connectivity index (χ1) is 10.5. The molecule has 116 valence electrons. The molecule has 0 fully saturated rings. The van der Waals surface area contributed by atoms with Crippen molar-refractivity contribution >= 4 is 28.9 Å². The average Bonchev–Trinajstić information content (AvgIpc) is 2.51. The molecule has 0 aromatic heterocycles. The van der Waals surface area contributed by atoms with Gasteiger partial charge in [0.05, 0.1) is 17.8 Å². The lowest BCUT2D eigenvalue weighted by Crippen LogP contribution is -2.30. The second kappa shape index (κ2) is 7.04. The van der Waals surface area contributed by atoms with Crippen molar-refractivity contribution in [1.29, 1.82) is 0 Å². The van der Waals surface area contributed by atoms with Crippen LogP contribution in [0.15, 0.2) is 42.5 Å². The van der Waals surface area contributed by atoms with Crippen molar-refractivity contribution in [1.82, 2.24) is 0 Å². The van der Waals surface area contributed by atoms with Gasteiger partial charge in [-0.1, -0.05) is 11.6 Å². The standard InChI is InChI=1S/C16H17ClN2O3/c1-10(22-13-6-4-12(21-2)5-7-13)16(20)19-11-3-8-14(17)15(18)9-11/h3-10H,18H2,1-2H3,(H,19,20). The number of nitrogen functional groups attached to an aromatic ring is 1. The van der Waals surface area contributed by atoms with E-state index in [4.69, 9.17) is 26.8 Å². The molecular formula is C16H17ClN2O3. The van der Waals surface area contributed by atoms with Gasteiger partial charge in [-0.15, -0.1) is 0 Å². The first-order valence-corrected chi connectivity index (χ1v) is 7.04. The molecular weight excluding hydrogens is 304 g/mol. The van der Waals surface area contributed by atoms with Crippen molar-refractivity contribution in [2.45, 2.75) is 13.0 Å². The van der Waals surface area contributed by atoms with Gasteiger partial charge >= 0.3 is 0 Å². The highest BCUT2D eigenvalue weighted by Gasteiger charge is 2.15. The number of carbonyl (C=O) groups excluding carboxylic acids is 1. The Balaban J connectivity index is 1.97. The molecule has 0 aliphatic carbocycles. The molecule has 1 atom stereocenters. The molecule has 22 heavy (non-hydrogen) atoms. The number of nitrogens with one attached hydrogen (secondary N) is 1. The lowest BCUT2D eigenvalue weighted by Gasteiger charge is -2.15. The van der Waals surface area contributed by atoms with Crippen molar-refractivity contribution in [2.24, 2.45) is 0 Å². The maximum atomic E-state index is 12.1. The number of ether oxygens (including phenoxy) is 2. The van der Waals surface area contributed by atoms with E-state index in [0.717, 1.165) is 5.75 Å². The number of anilines is 2. The highest BCUT2D eigenvalue weighted by Crippen LogP contribution is 2.23. The van der Waals surface area contributed by atoms with Gasteiger partial charge in [0.2, 0.25) is 0 Å². The molecule has 0 saturated heterocycles. The number of rotatable bonds is 5. The molecule has 3 N–H and O–H groups in total. The summed E-state index contributed by atoms with van der Waals surface area (Å²) in [5.41, 5.74) is 6.67. The van der Waals surface area contributed by atoms with Crippen LogP contribution in [0, 0.1) is 0 Å². The lowest BCUT2D eigenvalue weighted by atomic mass is 10.2. The molecule has 6 heteroatoms. The van der Waals surface area contributed by atoms with Crippen LogP contribution in [0.5, 0.6) is 11.5 Å². The Labute approximate surface area is 134 Å². The maximum Gasteiger partial charge on any atom is 0.265 e. The molecule has 2 aromatic rings. The highest BCUT2D eigenvalue weighted by atomic mass is 35.5. The number of hydrogen-bond acceptors (Lipinski definition) is 4. The monoisotopic (exact) mass is 320 g/mol. The van der Waals surface area contributed by atoms with Gasteiger partial charge in [0, 0.05) is 5.69 Å². The zero-order valence-electron chi connectivity index (χ0n) is 12.3. The fourth-order valence-corrected chi connectivity index (χ4v) is 1.89. The third-order valence-corrected chi connectivity index (χ3v) is 3.35. The number of amides is 1. The molecule has 2 rings (SSSR count). The molecule has 2 aromatic carbocycles. The summed E-state index contributed by atoms with van der Waals surface area (Å²) in [5.74, 6) is 1.03. The Morgan fingerprint density at radius 1 is 1.18 bits per heavy atom. The lowest BCUT2D eigenvalue weighted by molar-refractivity contribution is -0.122. The van der Waals surface area contributed by atoms with Crippen molar-refractivity contribution in [3.8, 4) is 11.5 Å². The zero-order chi connectivity index (χ0) is 16.1. The maximum absolute atomic E-state index is 12.1. The van der Waals surface area contributed by atoms with E-state index in [1.807, 2.05) is 0 Å². The van der Waals surface area contributed by atoms with Crippen LogP contribution >= 0.6 is 11.6 Å². The first-order valence-electron chi connectivity index (χ1n) is 6.66. The smallest absolute Gasteiger partial charge is 0.265 e. The third kappa shape index (κ3) is 4.05. The second-order valence-corrected chi connectivity index (χ2v) is 5.07. The fourth-order valence-electron chi connectivity index (χ4n) is 1.78. The molecule has 0 aliphatic rings. The van der Waals surface area contributed by atoms with Crippen LogP contribution < -0.4 is 20.5 Å². The predicted molar refractivity (Wildman–Crippen MR) is 87.6 cm³/mol. The molecule has 1 unspecified atom stereocenters. The van der Waals surface area contributed by atoms with Crippen LogP contribution in [-0.2, 0) is 4.79 Å². The van der Waals surface area contributed by atoms with Crippen LogP contribution in [0.4, 0.5) is 11.4 Å². The largest absolute Gasteiger partial charge is 0.497 e. The van der Waals surface area contributed by atoms with E-state index in [-0.39, 0.29) is 5.91 Å². The summed E-state index contributed by atoms with van der Waals surface area (Å²) >= 11 is 5.84. The average molecular weight is 321 g/mol. The minimum Gasteiger partial charge on any atom is -0.497 e. The number of nitrogens with two attached hydrogens (primary N) is 1. The van der Waals surface area contributed by atoms with Crippen LogP contribution in [0.25, 0.3) is 0 Å². The summed E-state index contributed by atoms with van der Waals surface area (Å²) in [7, 11) is 1.59. The quantitative estimate of drug-likeness (QED) is 0.829. The van der Waals surface area contributed by atoms with Gasteiger partial charge in [-0.25, -0.2) is 0 Å². The molecule has 0 heterocycles. The molecule has 0 radical (unpaired) electrons. The highest BCUT2D eigenvalue weighted by molar-refractivity contribution is 6.33. The third-order valence-electron chi connectivity index (χ3n) is 3.01. The van der Waals surface area contributed by atoms with E-state index in [2.05, 4.69) is 5.32 Å². The predicted octanol–water partition coefficient (Wildman–Crippen LogP) is 3.34. The Morgan fingerprint density at radius 2 is 1.82 bits per heavy atom. The molecule has 0 saturated carbocycles. The summed E-state index contributed by atoms with van der Waals surface area (Å²) in [6.07, 6.45) is -0.662. The molecule has 1 amide bonds. The Bertz CT molecular complexity index is 659. The van der Waals surface area contributed by atoms with E-state index in [9.17, 15) is 4.79 Å². The Kier molecular flexibility index (Phi) is 5.12. The van der Waals surface area contributed by atoms with Gasteiger partial charge in [0.25, 0.3) is 5.91 Å². The zero-order valence-corrected chi connectivity index (χ0v) is 13.1. The van der Waals surface area contributed by atoms with Crippen molar-refractivity contribution in [3.05, 3.63) is 47.5 Å². The van der Waals surface area contributed by atoms with Gasteiger partial charge in [-0.3, -0.25) is 4.79 Å². The van der Waals surface area contributed by atoms with Crippen LogP contribution in [0.1, 0.15) is 6.92 Å². The summed E-state index contributed by atoms with van der Waals surface area (Å²) in [5, 5.41) is 3.17. The van der Waals surface area contributed by atoms with Crippen LogP contribution in [-0.4, -0.2) is 19.1 Å². The van der Waals surface area contributed by atoms with Crippen LogP contribution in [0.2, 0.25) is 5.02 Å². The van der Waals surface area contributed by atoms with Crippen LogP contribution in [0.3, 0.4) is 0 Å². The second-order valence-electron chi connectivity index (χ2n) is 4.66. The van der Waals surface area contributed by atoms with Gasteiger partial charge in [-0.2, -0.15) is 0 Å². The van der Waals surface area contributed by atoms with Crippen molar-refractivity contribution in [2.75, 3.05) is 18.2 Å². The van der Waals surface area contributed by atoms with Crippen molar-refractivity contribution in [3.63, 3.8) is 0 Å². The number of methoxy groups -OCH3 is 1. The number of benzene rings is 2. The topological polar surface area (TPSA) is 73.6 Å². The summed E-state index contributed by atoms with van der Waals surface area (Å²) in [6.45, 7) is 1.67.